The average molecular weight is 330 g/mol. The first-order valence-electron chi connectivity index (χ1n) is 7.33. The molecule has 5 nitrogen and oxygen atoms in total. The lowest BCUT2D eigenvalue weighted by Gasteiger charge is -2.10. The van der Waals surface area contributed by atoms with Crippen LogP contribution in [-0.2, 0) is 0 Å². The van der Waals surface area contributed by atoms with Gasteiger partial charge in [0, 0.05) is 0 Å². The van der Waals surface area contributed by atoms with E-state index in [0.717, 1.165) is 0 Å². The Labute approximate surface area is 137 Å². The molecule has 3 rings (SSSR count). The van der Waals surface area contributed by atoms with Gasteiger partial charge in [0.15, 0.2) is 5.75 Å². The summed E-state index contributed by atoms with van der Waals surface area (Å²) in [5.41, 5.74) is 0.630. The Morgan fingerprint density at radius 2 is 1.92 bits per heavy atom. The first-order chi connectivity index (χ1) is 11.6. The summed E-state index contributed by atoms with van der Waals surface area (Å²) >= 11 is 0. The van der Waals surface area contributed by atoms with Crippen molar-refractivity contribution in [2.75, 3.05) is 13.2 Å². The number of aryl methyl sites for hydroxylation is 1. The van der Waals surface area contributed by atoms with E-state index in [2.05, 4.69) is 0 Å². The summed E-state index contributed by atoms with van der Waals surface area (Å²) in [5, 5.41) is 9.65. The van der Waals surface area contributed by atoms with E-state index in [-0.39, 0.29) is 30.3 Å². The van der Waals surface area contributed by atoms with Crippen molar-refractivity contribution in [2.24, 2.45) is 0 Å². The first kappa shape index (κ1) is 15.9. The molecule has 0 aliphatic rings. The van der Waals surface area contributed by atoms with Crippen LogP contribution in [0.15, 0.2) is 46.9 Å². The number of furan rings is 1. The van der Waals surface area contributed by atoms with E-state index in [1.54, 1.807) is 31.2 Å². The summed E-state index contributed by atoms with van der Waals surface area (Å²) in [5.74, 6) is -0.159. The van der Waals surface area contributed by atoms with Gasteiger partial charge in [0.05, 0.1) is 5.39 Å². The molecule has 6 heteroatoms. The third kappa shape index (κ3) is 3.17. The highest BCUT2D eigenvalue weighted by molar-refractivity contribution is 5.90. The van der Waals surface area contributed by atoms with Crippen molar-refractivity contribution in [1.82, 2.24) is 0 Å². The molecule has 1 N–H and O–H groups in total. The van der Waals surface area contributed by atoms with Gasteiger partial charge in [0.1, 0.15) is 41.7 Å². The Morgan fingerprint density at radius 3 is 2.71 bits per heavy atom. The molecule has 0 atom stereocenters. The number of aromatic carboxylic acids is 1. The summed E-state index contributed by atoms with van der Waals surface area (Å²) < 4.78 is 30.0. The molecule has 0 saturated heterocycles. The van der Waals surface area contributed by atoms with E-state index in [0.29, 0.717) is 22.5 Å². The lowest BCUT2D eigenvalue weighted by molar-refractivity contribution is 0.0691. The smallest absolute Gasteiger partial charge is 0.339 e. The predicted octanol–water partition coefficient (Wildman–Crippen LogP) is 4.04. The molecule has 0 radical (unpaired) electrons. The minimum Gasteiger partial charge on any atom is -0.489 e. The number of carbonyl (C=O) groups is 1. The Balaban J connectivity index is 1.67. The van der Waals surface area contributed by atoms with Gasteiger partial charge < -0.3 is 19.0 Å². The predicted molar refractivity (Wildman–Crippen MR) is 85.3 cm³/mol. The quantitative estimate of drug-likeness (QED) is 0.691. The third-order valence-corrected chi connectivity index (χ3v) is 3.47. The fourth-order valence-corrected chi connectivity index (χ4v) is 2.41. The SMILES string of the molecule is Cc1oc2ccc(F)cc2c1OCCOc1ccccc1C(=O)O. The number of rotatable bonds is 6. The van der Waals surface area contributed by atoms with Crippen LogP contribution in [0, 0.1) is 12.7 Å². The van der Waals surface area contributed by atoms with Gasteiger partial charge in [0.2, 0.25) is 0 Å². The number of para-hydroxylation sites is 1. The topological polar surface area (TPSA) is 68.9 Å². The second-order valence-corrected chi connectivity index (χ2v) is 5.13. The van der Waals surface area contributed by atoms with E-state index >= 15 is 0 Å². The molecule has 124 valence electrons. The number of hydrogen-bond acceptors (Lipinski definition) is 4. The van der Waals surface area contributed by atoms with Crippen molar-refractivity contribution in [3.8, 4) is 11.5 Å². The summed E-state index contributed by atoms with van der Waals surface area (Å²) in [6, 6.07) is 10.6. The number of halogens is 1. The van der Waals surface area contributed by atoms with Crippen molar-refractivity contribution < 1.29 is 28.2 Å². The monoisotopic (exact) mass is 330 g/mol. The molecule has 0 aliphatic carbocycles. The molecule has 0 saturated carbocycles. The van der Waals surface area contributed by atoms with Crippen molar-refractivity contribution in [2.45, 2.75) is 6.92 Å². The zero-order chi connectivity index (χ0) is 17.1. The van der Waals surface area contributed by atoms with Gasteiger partial charge in [-0.2, -0.15) is 0 Å². The van der Waals surface area contributed by atoms with E-state index in [9.17, 15) is 9.18 Å². The zero-order valence-corrected chi connectivity index (χ0v) is 12.9. The van der Waals surface area contributed by atoms with Gasteiger partial charge in [-0.05, 0) is 37.3 Å². The lowest BCUT2D eigenvalue weighted by Crippen LogP contribution is -2.11. The fraction of sp³-hybridized carbons (Fsp3) is 0.167. The molecule has 0 aliphatic heterocycles. The minimum absolute atomic E-state index is 0.0875. The molecular formula is C18H15FO5. The second-order valence-electron chi connectivity index (χ2n) is 5.13. The van der Waals surface area contributed by atoms with Gasteiger partial charge in [-0.1, -0.05) is 12.1 Å². The lowest BCUT2D eigenvalue weighted by atomic mass is 10.2. The molecule has 0 fully saturated rings. The van der Waals surface area contributed by atoms with E-state index in [1.807, 2.05) is 0 Å². The molecule has 0 spiro atoms. The van der Waals surface area contributed by atoms with Gasteiger partial charge in [-0.3, -0.25) is 0 Å². The summed E-state index contributed by atoms with van der Waals surface area (Å²) in [7, 11) is 0. The minimum atomic E-state index is -1.06. The normalized spacial score (nSPS) is 10.8. The number of hydrogen-bond donors (Lipinski definition) is 1. The maximum atomic E-state index is 13.4. The first-order valence-corrected chi connectivity index (χ1v) is 7.33. The second kappa shape index (κ2) is 6.62. The number of carboxylic acid groups (broad SMARTS) is 1. The van der Waals surface area contributed by atoms with Crippen molar-refractivity contribution in [1.29, 1.82) is 0 Å². The number of carboxylic acids is 1. The van der Waals surface area contributed by atoms with Gasteiger partial charge in [-0.15, -0.1) is 0 Å². The van der Waals surface area contributed by atoms with Gasteiger partial charge in [0.25, 0.3) is 0 Å². The molecule has 0 amide bonds. The largest absolute Gasteiger partial charge is 0.489 e. The zero-order valence-electron chi connectivity index (χ0n) is 12.9. The Hall–Kier alpha value is -3.02. The van der Waals surface area contributed by atoms with Crippen LogP contribution >= 0.6 is 0 Å². The van der Waals surface area contributed by atoms with Crippen LogP contribution < -0.4 is 9.47 Å². The van der Waals surface area contributed by atoms with Crippen LogP contribution in [0.4, 0.5) is 4.39 Å². The maximum Gasteiger partial charge on any atom is 0.339 e. The maximum absolute atomic E-state index is 13.4. The summed E-state index contributed by atoms with van der Waals surface area (Å²) in [6.07, 6.45) is 0. The third-order valence-electron chi connectivity index (χ3n) is 3.47. The highest BCUT2D eigenvalue weighted by Crippen LogP contribution is 2.33. The van der Waals surface area contributed by atoms with E-state index in [4.69, 9.17) is 19.0 Å². The standard InChI is InChI=1S/C18H15FO5/c1-11-17(14-10-12(19)6-7-16(14)24-11)23-9-8-22-15-5-3-2-4-13(15)18(20)21/h2-7,10H,8-9H2,1H3,(H,20,21). The van der Waals surface area contributed by atoms with Crippen LogP contribution in [0.1, 0.15) is 16.1 Å². The Bertz CT molecular complexity index is 884. The van der Waals surface area contributed by atoms with E-state index in [1.165, 1.54) is 18.2 Å². The van der Waals surface area contributed by atoms with Crippen LogP contribution in [0.5, 0.6) is 11.5 Å². The Morgan fingerprint density at radius 1 is 1.17 bits per heavy atom. The van der Waals surface area contributed by atoms with Crippen molar-refractivity contribution in [3.05, 3.63) is 59.6 Å². The Kier molecular flexibility index (Phi) is 4.37. The fourth-order valence-electron chi connectivity index (χ4n) is 2.41. The van der Waals surface area contributed by atoms with Crippen LogP contribution in [0.3, 0.4) is 0 Å². The number of fused-ring (bicyclic) bond motifs is 1. The number of benzene rings is 2. The molecule has 0 unspecified atom stereocenters. The molecular weight excluding hydrogens is 315 g/mol. The van der Waals surface area contributed by atoms with Crippen LogP contribution in [0.2, 0.25) is 0 Å². The van der Waals surface area contributed by atoms with Crippen LogP contribution in [-0.4, -0.2) is 24.3 Å². The highest BCUT2D eigenvalue weighted by Gasteiger charge is 2.14. The summed E-state index contributed by atoms with van der Waals surface area (Å²) in [6.45, 7) is 2.04. The van der Waals surface area contributed by atoms with Crippen molar-refractivity contribution in [3.63, 3.8) is 0 Å². The van der Waals surface area contributed by atoms with E-state index < -0.39 is 5.97 Å². The molecule has 1 heterocycles. The van der Waals surface area contributed by atoms with Gasteiger partial charge >= 0.3 is 5.97 Å². The highest BCUT2D eigenvalue weighted by atomic mass is 19.1. The van der Waals surface area contributed by atoms with Gasteiger partial charge in [-0.25, -0.2) is 9.18 Å². The molecule has 0 bridgehead atoms. The number of ether oxygens (including phenoxy) is 2. The van der Waals surface area contributed by atoms with Crippen LogP contribution in [0.25, 0.3) is 11.0 Å². The molecule has 2 aromatic carbocycles. The molecule has 24 heavy (non-hydrogen) atoms. The van der Waals surface area contributed by atoms with Crippen molar-refractivity contribution >= 4 is 16.9 Å². The summed E-state index contributed by atoms with van der Waals surface area (Å²) in [4.78, 5) is 11.1. The average Bonchev–Trinajstić information content (AvgIpc) is 2.87. The molecule has 3 aromatic rings. The molecule has 1 aromatic heterocycles.